The lowest BCUT2D eigenvalue weighted by atomic mass is 10.2. The van der Waals surface area contributed by atoms with Gasteiger partial charge in [-0.15, -0.1) is 11.3 Å². The molecule has 0 radical (unpaired) electrons. The molecule has 4 heterocycles. The second-order valence-corrected chi connectivity index (χ2v) is 8.60. The van der Waals surface area contributed by atoms with Gasteiger partial charge < -0.3 is 14.4 Å². The molecule has 33 heavy (non-hydrogen) atoms. The average Bonchev–Trinajstić information content (AvgIpc) is 3.37. The first kappa shape index (κ1) is 21.0. The van der Waals surface area contributed by atoms with E-state index in [0.29, 0.717) is 36.9 Å². The molecule has 0 unspecified atom stereocenters. The lowest BCUT2D eigenvalue weighted by Crippen LogP contribution is -2.38. The fraction of sp³-hybridized carbons (Fsp3) is 0.217. The maximum absolute atomic E-state index is 13.7. The molecule has 1 aliphatic rings. The number of aryl methyl sites for hydroxylation is 1. The lowest BCUT2D eigenvalue weighted by Gasteiger charge is -2.25. The van der Waals surface area contributed by atoms with Crippen LogP contribution in [0.2, 0.25) is 0 Å². The van der Waals surface area contributed by atoms with E-state index in [1.807, 2.05) is 17.5 Å². The van der Waals surface area contributed by atoms with Crippen LogP contribution in [0.1, 0.15) is 15.4 Å². The Bertz CT molecular complexity index is 1490. The third kappa shape index (κ3) is 3.68. The van der Waals surface area contributed by atoms with Crippen LogP contribution in [0, 0.1) is 0 Å². The van der Waals surface area contributed by atoms with Crippen molar-refractivity contribution >= 4 is 34.0 Å². The molecule has 4 aromatic rings. The number of amides is 1. The van der Waals surface area contributed by atoms with Crippen molar-refractivity contribution in [3.8, 4) is 11.5 Å². The van der Waals surface area contributed by atoms with E-state index in [1.54, 1.807) is 23.1 Å². The van der Waals surface area contributed by atoms with Crippen LogP contribution < -0.4 is 25.6 Å². The molecule has 0 spiro atoms. The highest BCUT2D eigenvalue weighted by molar-refractivity contribution is 7.09. The van der Waals surface area contributed by atoms with Crippen LogP contribution in [0.15, 0.2) is 57.4 Å². The molecule has 1 amide bonds. The number of benzene rings is 1. The quantitative estimate of drug-likeness (QED) is 0.460. The first-order valence-electron chi connectivity index (χ1n) is 10.2. The fourth-order valence-corrected chi connectivity index (χ4v) is 4.44. The van der Waals surface area contributed by atoms with Crippen molar-refractivity contribution in [1.82, 2.24) is 14.1 Å². The summed E-state index contributed by atoms with van der Waals surface area (Å²) in [6, 6.07) is 12.3. The van der Waals surface area contributed by atoms with Gasteiger partial charge >= 0.3 is 5.69 Å². The van der Waals surface area contributed by atoms with E-state index in [-0.39, 0.29) is 22.6 Å². The highest BCUT2D eigenvalue weighted by Gasteiger charge is 2.23. The predicted octanol–water partition coefficient (Wildman–Crippen LogP) is 2.31. The molecule has 9 nitrogen and oxygen atoms in total. The molecular weight excluding hydrogens is 444 g/mol. The van der Waals surface area contributed by atoms with E-state index >= 15 is 0 Å². The molecule has 5 rings (SSSR count). The van der Waals surface area contributed by atoms with Crippen molar-refractivity contribution < 1.29 is 14.3 Å². The number of pyridine rings is 1. The molecule has 10 heteroatoms. The SMILES string of the molecule is Cn1c(=O)c2ccc(C(=O)N(Cc3cccs3)c3ccc4c(c3)OCCO4)nc2n(C)c1=O. The van der Waals surface area contributed by atoms with Crippen LogP contribution in [0.4, 0.5) is 5.69 Å². The van der Waals surface area contributed by atoms with Gasteiger partial charge in [-0.1, -0.05) is 6.07 Å². The van der Waals surface area contributed by atoms with Crippen LogP contribution in [0.25, 0.3) is 11.0 Å². The van der Waals surface area contributed by atoms with Crippen LogP contribution >= 0.6 is 11.3 Å². The van der Waals surface area contributed by atoms with Gasteiger partial charge in [-0.3, -0.25) is 18.7 Å². The molecule has 0 N–H and O–H groups in total. The highest BCUT2D eigenvalue weighted by Crippen LogP contribution is 2.35. The number of carbonyl (C=O) groups is 1. The zero-order chi connectivity index (χ0) is 23.1. The Morgan fingerprint density at radius 3 is 2.61 bits per heavy atom. The zero-order valence-electron chi connectivity index (χ0n) is 18.0. The summed E-state index contributed by atoms with van der Waals surface area (Å²) in [4.78, 5) is 45.5. The number of thiophene rings is 1. The second kappa shape index (κ2) is 8.21. The van der Waals surface area contributed by atoms with Crippen molar-refractivity contribution in [2.75, 3.05) is 18.1 Å². The molecule has 0 fully saturated rings. The normalized spacial score (nSPS) is 12.7. The summed E-state index contributed by atoms with van der Waals surface area (Å²) in [6.45, 7) is 1.24. The topological polar surface area (TPSA) is 95.7 Å². The van der Waals surface area contributed by atoms with Crippen molar-refractivity contribution in [3.05, 3.63) is 79.3 Å². The Kier molecular flexibility index (Phi) is 5.21. The number of aromatic nitrogens is 3. The summed E-state index contributed by atoms with van der Waals surface area (Å²) in [7, 11) is 2.93. The number of rotatable bonds is 4. The summed E-state index contributed by atoms with van der Waals surface area (Å²) in [5.74, 6) is 0.832. The Labute approximate surface area is 192 Å². The fourth-order valence-electron chi connectivity index (χ4n) is 3.75. The monoisotopic (exact) mass is 464 g/mol. The summed E-state index contributed by atoms with van der Waals surface area (Å²) < 4.78 is 13.6. The molecule has 3 aromatic heterocycles. The number of fused-ring (bicyclic) bond motifs is 2. The standard InChI is InChI=1S/C23H20N4O5S/c1-25-20-16(21(28)26(2)23(25)30)6-7-17(24-20)22(29)27(13-15-4-3-11-33-15)14-5-8-18-19(12-14)32-10-9-31-18/h3-8,11-12H,9-10,13H2,1-2H3. The lowest BCUT2D eigenvalue weighted by molar-refractivity contribution is 0.0980. The van der Waals surface area contributed by atoms with Gasteiger partial charge in [0.1, 0.15) is 24.6 Å². The number of hydrogen-bond acceptors (Lipinski definition) is 7. The third-order valence-electron chi connectivity index (χ3n) is 5.50. The molecule has 0 saturated carbocycles. The van der Waals surface area contributed by atoms with E-state index < -0.39 is 11.2 Å². The smallest absolute Gasteiger partial charge is 0.332 e. The maximum Gasteiger partial charge on any atom is 0.332 e. The highest BCUT2D eigenvalue weighted by atomic mass is 32.1. The van der Waals surface area contributed by atoms with E-state index in [9.17, 15) is 14.4 Å². The van der Waals surface area contributed by atoms with E-state index in [4.69, 9.17) is 9.47 Å². The van der Waals surface area contributed by atoms with Gasteiger partial charge in [0.25, 0.3) is 11.5 Å². The van der Waals surface area contributed by atoms with E-state index in [1.165, 1.54) is 42.1 Å². The summed E-state index contributed by atoms with van der Waals surface area (Å²) in [5, 5.41) is 2.21. The summed E-state index contributed by atoms with van der Waals surface area (Å²) >= 11 is 1.54. The van der Waals surface area contributed by atoms with Crippen LogP contribution in [0.3, 0.4) is 0 Å². The Morgan fingerprint density at radius 1 is 1.06 bits per heavy atom. The Morgan fingerprint density at radius 2 is 1.85 bits per heavy atom. The first-order chi connectivity index (χ1) is 15.9. The number of nitrogens with zero attached hydrogens (tertiary/aromatic N) is 4. The van der Waals surface area contributed by atoms with Crippen LogP contribution in [0.5, 0.6) is 11.5 Å². The minimum Gasteiger partial charge on any atom is -0.486 e. The first-order valence-corrected chi connectivity index (χ1v) is 11.1. The van der Waals surface area contributed by atoms with Gasteiger partial charge in [-0.25, -0.2) is 9.78 Å². The number of ether oxygens (including phenoxy) is 2. The van der Waals surface area contributed by atoms with Gasteiger partial charge in [0.15, 0.2) is 11.5 Å². The maximum atomic E-state index is 13.7. The van der Waals surface area contributed by atoms with Crippen molar-refractivity contribution in [2.45, 2.75) is 6.54 Å². The Hall–Kier alpha value is -3.92. The summed E-state index contributed by atoms with van der Waals surface area (Å²) in [5.41, 5.74) is -0.0597. The number of carbonyl (C=O) groups excluding carboxylic acids is 1. The minimum atomic E-state index is -0.508. The Balaban J connectivity index is 1.61. The molecule has 0 bridgehead atoms. The van der Waals surface area contributed by atoms with Crippen molar-refractivity contribution in [1.29, 1.82) is 0 Å². The van der Waals surface area contributed by atoms with Gasteiger partial charge in [-0.2, -0.15) is 0 Å². The van der Waals surface area contributed by atoms with Crippen molar-refractivity contribution in [2.24, 2.45) is 14.1 Å². The van der Waals surface area contributed by atoms with Crippen LogP contribution in [-0.2, 0) is 20.6 Å². The third-order valence-corrected chi connectivity index (χ3v) is 6.36. The zero-order valence-corrected chi connectivity index (χ0v) is 18.8. The minimum absolute atomic E-state index is 0.122. The molecule has 1 aromatic carbocycles. The predicted molar refractivity (Wildman–Crippen MR) is 124 cm³/mol. The molecular formula is C23H20N4O5S. The van der Waals surface area contributed by atoms with Gasteiger partial charge in [0.2, 0.25) is 0 Å². The number of hydrogen-bond donors (Lipinski definition) is 0. The van der Waals surface area contributed by atoms with Crippen molar-refractivity contribution in [3.63, 3.8) is 0 Å². The molecule has 168 valence electrons. The van der Waals surface area contributed by atoms with Gasteiger partial charge in [0, 0.05) is 30.7 Å². The van der Waals surface area contributed by atoms with E-state index in [0.717, 1.165) is 9.44 Å². The second-order valence-electron chi connectivity index (χ2n) is 7.57. The van der Waals surface area contributed by atoms with Gasteiger partial charge in [-0.05, 0) is 35.7 Å². The van der Waals surface area contributed by atoms with Crippen LogP contribution in [-0.4, -0.2) is 33.2 Å². The summed E-state index contributed by atoms with van der Waals surface area (Å²) in [6.07, 6.45) is 0. The molecule has 0 saturated heterocycles. The molecule has 0 aliphatic carbocycles. The number of anilines is 1. The molecule has 0 atom stereocenters. The largest absolute Gasteiger partial charge is 0.486 e. The molecule has 1 aliphatic heterocycles. The average molecular weight is 465 g/mol. The van der Waals surface area contributed by atoms with Gasteiger partial charge in [0.05, 0.1) is 11.9 Å². The van der Waals surface area contributed by atoms with E-state index in [2.05, 4.69) is 4.98 Å².